The summed E-state index contributed by atoms with van der Waals surface area (Å²) >= 11 is 0. The molecule has 0 spiro atoms. The van der Waals surface area contributed by atoms with Crippen LogP contribution in [0.2, 0.25) is 0 Å². The second-order valence-corrected chi connectivity index (χ2v) is 3.97. The van der Waals surface area contributed by atoms with Crippen molar-refractivity contribution in [2.24, 2.45) is 0 Å². The predicted molar refractivity (Wildman–Crippen MR) is 71.0 cm³/mol. The molecule has 0 saturated heterocycles. The van der Waals surface area contributed by atoms with Gasteiger partial charge >= 0.3 is 0 Å². The topological polar surface area (TPSA) is 37.8 Å². The van der Waals surface area contributed by atoms with Crippen molar-refractivity contribution in [1.29, 1.82) is 0 Å². The van der Waals surface area contributed by atoms with Gasteiger partial charge in [-0.1, -0.05) is 31.5 Å². The van der Waals surface area contributed by atoms with E-state index in [9.17, 15) is 0 Å². The number of rotatable bonds is 4. The van der Waals surface area contributed by atoms with Crippen molar-refractivity contribution >= 4 is 5.95 Å². The van der Waals surface area contributed by atoms with Crippen LogP contribution in [-0.2, 0) is 6.42 Å². The highest BCUT2D eigenvalue weighted by molar-refractivity contribution is 5.60. The van der Waals surface area contributed by atoms with Gasteiger partial charge in [-0.25, -0.2) is 9.97 Å². The number of aromatic nitrogens is 2. The summed E-state index contributed by atoms with van der Waals surface area (Å²) in [6, 6.07) is 10.5. The molecule has 0 radical (unpaired) electrons. The summed E-state index contributed by atoms with van der Waals surface area (Å²) in [5.41, 5.74) is 3.46. The van der Waals surface area contributed by atoms with Crippen LogP contribution in [0.3, 0.4) is 0 Å². The molecule has 88 valence electrons. The Kier molecular flexibility index (Phi) is 3.70. The third-order valence-corrected chi connectivity index (χ3v) is 2.64. The van der Waals surface area contributed by atoms with E-state index in [2.05, 4.69) is 46.5 Å². The van der Waals surface area contributed by atoms with E-state index in [0.717, 1.165) is 24.1 Å². The third kappa shape index (κ3) is 2.81. The molecule has 0 aliphatic heterocycles. The van der Waals surface area contributed by atoms with Crippen LogP contribution in [0.4, 0.5) is 5.95 Å². The lowest BCUT2D eigenvalue weighted by atomic mass is 10.0. The van der Waals surface area contributed by atoms with Crippen molar-refractivity contribution in [3.05, 3.63) is 42.1 Å². The smallest absolute Gasteiger partial charge is 0.222 e. The highest BCUT2D eigenvalue weighted by Gasteiger charge is 2.02. The Bertz CT molecular complexity index is 494. The monoisotopic (exact) mass is 227 g/mol. The van der Waals surface area contributed by atoms with Crippen LogP contribution >= 0.6 is 0 Å². The zero-order valence-electron chi connectivity index (χ0n) is 10.3. The molecule has 0 aliphatic carbocycles. The molecule has 17 heavy (non-hydrogen) atoms. The lowest BCUT2D eigenvalue weighted by Gasteiger charge is -2.05. The van der Waals surface area contributed by atoms with E-state index in [1.807, 2.05) is 13.1 Å². The molecular formula is C14H17N3. The van der Waals surface area contributed by atoms with Gasteiger partial charge in [-0.3, -0.25) is 0 Å². The Morgan fingerprint density at radius 3 is 2.88 bits per heavy atom. The Morgan fingerprint density at radius 2 is 2.12 bits per heavy atom. The molecule has 0 unspecified atom stereocenters. The van der Waals surface area contributed by atoms with Crippen LogP contribution in [0.1, 0.15) is 18.9 Å². The fourth-order valence-electron chi connectivity index (χ4n) is 1.81. The predicted octanol–water partition coefficient (Wildman–Crippen LogP) is 3.14. The zero-order valence-corrected chi connectivity index (χ0v) is 10.3. The molecule has 2 rings (SSSR count). The Labute approximate surface area is 102 Å². The Morgan fingerprint density at radius 1 is 1.24 bits per heavy atom. The van der Waals surface area contributed by atoms with Gasteiger partial charge in [0, 0.05) is 18.8 Å². The number of benzene rings is 1. The zero-order chi connectivity index (χ0) is 12.1. The minimum atomic E-state index is 0.656. The average molecular weight is 227 g/mol. The number of nitrogens with one attached hydrogen (secondary N) is 1. The van der Waals surface area contributed by atoms with Crippen LogP contribution in [0.25, 0.3) is 11.3 Å². The quantitative estimate of drug-likeness (QED) is 0.872. The largest absolute Gasteiger partial charge is 0.357 e. The van der Waals surface area contributed by atoms with Gasteiger partial charge in [0.1, 0.15) is 0 Å². The van der Waals surface area contributed by atoms with Crippen molar-refractivity contribution < 1.29 is 0 Å². The lowest BCUT2D eigenvalue weighted by molar-refractivity contribution is 0.922. The number of aryl methyl sites for hydroxylation is 1. The second kappa shape index (κ2) is 5.43. The maximum atomic E-state index is 4.44. The van der Waals surface area contributed by atoms with Crippen LogP contribution in [0.15, 0.2) is 36.5 Å². The molecule has 1 aromatic carbocycles. The average Bonchev–Trinajstić information content (AvgIpc) is 2.40. The molecule has 1 heterocycles. The normalized spacial score (nSPS) is 10.2. The van der Waals surface area contributed by atoms with Crippen molar-refractivity contribution in [2.45, 2.75) is 19.8 Å². The lowest BCUT2D eigenvalue weighted by Crippen LogP contribution is -1.96. The first-order valence-corrected chi connectivity index (χ1v) is 5.93. The fourth-order valence-corrected chi connectivity index (χ4v) is 1.81. The maximum absolute atomic E-state index is 4.44. The first-order valence-electron chi connectivity index (χ1n) is 5.93. The van der Waals surface area contributed by atoms with Crippen LogP contribution in [0, 0.1) is 0 Å². The van der Waals surface area contributed by atoms with Gasteiger partial charge < -0.3 is 5.32 Å². The molecule has 1 aromatic heterocycles. The standard InChI is InChI=1S/C14H17N3/c1-3-5-11-6-4-7-12(10-11)13-8-9-16-14(15-2)17-13/h4,6-10H,3,5H2,1-2H3,(H,15,16,17). The van der Waals surface area contributed by atoms with E-state index in [4.69, 9.17) is 0 Å². The molecule has 0 fully saturated rings. The minimum absolute atomic E-state index is 0.656. The summed E-state index contributed by atoms with van der Waals surface area (Å²) in [5.74, 6) is 0.656. The van der Waals surface area contributed by atoms with Gasteiger partial charge in [-0.2, -0.15) is 0 Å². The molecule has 0 bridgehead atoms. The summed E-state index contributed by atoms with van der Waals surface area (Å²) in [4.78, 5) is 8.56. The van der Waals surface area contributed by atoms with Crippen LogP contribution < -0.4 is 5.32 Å². The Hall–Kier alpha value is -1.90. The fraction of sp³-hybridized carbons (Fsp3) is 0.286. The van der Waals surface area contributed by atoms with Crippen LogP contribution in [-0.4, -0.2) is 17.0 Å². The SMILES string of the molecule is CCCc1cccc(-c2ccnc(NC)n2)c1. The van der Waals surface area contributed by atoms with E-state index >= 15 is 0 Å². The van der Waals surface area contributed by atoms with E-state index in [1.165, 1.54) is 5.56 Å². The van der Waals surface area contributed by atoms with Gasteiger partial charge in [0.15, 0.2) is 0 Å². The van der Waals surface area contributed by atoms with Gasteiger partial charge in [-0.05, 0) is 24.1 Å². The summed E-state index contributed by atoms with van der Waals surface area (Å²) in [7, 11) is 1.83. The highest BCUT2D eigenvalue weighted by atomic mass is 15.1. The molecule has 3 nitrogen and oxygen atoms in total. The summed E-state index contributed by atoms with van der Waals surface area (Å²) in [5, 5.41) is 2.95. The van der Waals surface area contributed by atoms with Crippen molar-refractivity contribution in [3.8, 4) is 11.3 Å². The van der Waals surface area contributed by atoms with Crippen molar-refractivity contribution in [2.75, 3.05) is 12.4 Å². The van der Waals surface area contributed by atoms with Crippen LogP contribution in [0.5, 0.6) is 0 Å². The summed E-state index contributed by atoms with van der Waals surface area (Å²) < 4.78 is 0. The van der Waals surface area contributed by atoms with Crippen molar-refractivity contribution in [3.63, 3.8) is 0 Å². The van der Waals surface area contributed by atoms with Gasteiger partial charge in [0.25, 0.3) is 0 Å². The minimum Gasteiger partial charge on any atom is -0.357 e. The first kappa shape index (κ1) is 11.6. The van der Waals surface area contributed by atoms with E-state index < -0.39 is 0 Å². The third-order valence-electron chi connectivity index (χ3n) is 2.64. The second-order valence-electron chi connectivity index (χ2n) is 3.97. The highest BCUT2D eigenvalue weighted by Crippen LogP contribution is 2.19. The van der Waals surface area contributed by atoms with E-state index in [1.54, 1.807) is 6.20 Å². The molecule has 1 N–H and O–H groups in total. The molecular weight excluding hydrogens is 210 g/mol. The summed E-state index contributed by atoms with van der Waals surface area (Å²) in [6.45, 7) is 2.19. The molecule has 0 amide bonds. The molecule has 0 saturated carbocycles. The molecule has 0 atom stereocenters. The number of hydrogen-bond donors (Lipinski definition) is 1. The molecule has 0 aliphatic rings. The number of nitrogens with zero attached hydrogens (tertiary/aromatic N) is 2. The summed E-state index contributed by atoms with van der Waals surface area (Å²) in [6.07, 6.45) is 4.05. The van der Waals surface area contributed by atoms with Crippen molar-refractivity contribution in [1.82, 2.24) is 9.97 Å². The van der Waals surface area contributed by atoms with Gasteiger partial charge in [0.2, 0.25) is 5.95 Å². The Balaban J connectivity index is 2.34. The van der Waals surface area contributed by atoms with Gasteiger partial charge in [-0.15, -0.1) is 0 Å². The number of anilines is 1. The number of hydrogen-bond acceptors (Lipinski definition) is 3. The molecule has 2 aromatic rings. The van der Waals surface area contributed by atoms with E-state index in [-0.39, 0.29) is 0 Å². The maximum Gasteiger partial charge on any atom is 0.222 e. The van der Waals surface area contributed by atoms with E-state index in [0.29, 0.717) is 5.95 Å². The molecule has 3 heteroatoms. The first-order chi connectivity index (χ1) is 8.33. The van der Waals surface area contributed by atoms with Gasteiger partial charge in [0.05, 0.1) is 5.69 Å².